The van der Waals surface area contributed by atoms with Gasteiger partial charge in [-0.2, -0.15) is 0 Å². The fourth-order valence-corrected chi connectivity index (χ4v) is 6.59. The number of carbonyl (C=O) groups is 3. The molecule has 7 nitrogen and oxygen atoms in total. The van der Waals surface area contributed by atoms with Gasteiger partial charge in [-0.3, -0.25) is 4.79 Å². The summed E-state index contributed by atoms with van der Waals surface area (Å²) >= 11 is 0. The highest BCUT2D eigenvalue weighted by Gasteiger charge is 2.67. The van der Waals surface area contributed by atoms with Crippen molar-refractivity contribution in [3.05, 3.63) is 59.7 Å². The van der Waals surface area contributed by atoms with E-state index in [1.807, 2.05) is 24.3 Å². The molecule has 6 rings (SSSR count). The van der Waals surface area contributed by atoms with Gasteiger partial charge in [-0.15, -0.1) is 0 Å². The molecule has 1 heterocycles. The van der Waals surface area contributed by atoms with E-state index in [2.05, 4.69) is 29.6 Å². The van der Waals surface area contributed by atoms with E-state index in [4.69, 9.17) is 4.74 Å². The third-order valence-corrected chi connectivity index (χ3v) is 8.67. The number of carboxylic acids is 1. The number of ether oxygens (including phenoxy) is 1. The van der Waals surface area contributed by atoms with E-state index in [0.29, 0.717) is 25.8 Å². The van der Waals surface area contributed by atoms with Gasteiger partial charge in [0.1, 0.15) is 12.1 Å². The first-order chi connectivity index (χ1) is 16.9. The Kier molecular flexibility index (Phi) is 5.13. The van der Waals surface area contributed by atoms with Crippen molar-refractivity contribution in [3.63, 3.8) is 0 Å². The molecule has 0 radical (unpaired) electrons. The van der Waals surface area contributed by atoms with Crippen LogP contribution in [0.2, 0.25) is 0 Å². The maximum Gasteiger partial charge on any atom is 0.407 e. The predicted octanol–water partition coefficient (Wildman–Crippen LogP) is 4.30. The van der Waals surface area contributed by atoms with Gasteiger partial charge < -0.3 is 20.1 Å². The van der Waals surface area contributed by atoms with Crippen molar-refractivity contribution < 1.29 is 24.2 Å². The molecule has 35 heavy (non-hydrogen) atoms. The van der Waals surface area contributed by atoms with Crippen molar-refractivity contribution in [1.29, 1.82) is 0 Å². The van der Waals surface area contributed by atoms with E-state index >= 15 is 0 Å². The summed E-state index contributed by atoms with van der Waals surface area (Å²) in [5.74, 6) is -1.04. The van der Waals surface area contributed by atoms with Crippen molar-refractivity contribution >= 4 is 18.0 Å². The summed E-state index contributed by atoms with van der Waals surface area (Å²) in [5, 5.41) is 12.8. The average molecular weight is 475 g/mol. The van der Waals surface area contributed by atoms with Crippen molar-refractivity contribution in [3.8, 4) is 11.1 Å². The Morgan fingerprint density at radius 3 is 2.26 bits per heavy atom. The second-order valence-corrected chi connectivity index (χ2v) is 10.6. The molecule has 0 aromatic heterocycles. The molecule has 3 fully saturated rings. The van der Waals surface area contributed by atoms with Crippen molar-refractivity contribution in [1.82, 2.24) is 10.2 Å². The van der Waals surface area contributed by atoms with Crippen LogP contribution in [-0.2, 0) is 14.3 Å². The highest BCUT2D eigenvalue weighted by atomic mass is 16.5. The SMILES string of the molecule is O=C(NC1(CC(=O)N2CCC[C@@H]3C[C@@]32C(=O)O)CCC1)OCC1c2ccccc2-c2ccccc21. The van der Waals surface area contributed by atoms with E-state index in [-0.39, 0.29) is 30.8 Å². The van der Waals surface area contributed by atoms with E-state index in [1.54, 1.807) is 4.90 Å². The molecule has 2 aromatic rings. The molecular formula is C28H30N2O5. The van der Waals surface area contributed by atoms with Crippen LogP contribution in [0.25, 0.3) is 11.1 Å². The lowest BCUT2D eigenvalue weighted by Gasteiger charge is -2.44. The number of aliphatic carboxylic acids is 1. The first kappa shape index (κ1) is 22.1. The lowest BCUT2D eigenvalue weighted by atomic mass is 9.74. The largest absolute Gasteiger partial charge is 0.479 e. The number of carbonyl (C=O) groups excluding carboxylic acids is 2. The lowest BCUT2D eigenvalue weighted by Crippen LogP contribution is -2.59. The van der Waals surface area contributed by atoms with E-state index in [0.717, 1.165) is 30.4 Å². The smallest absolute Gasteiger partial charge is 0.407 e. The Hall–Kier alpha value is -3.35. The number of nitrogens with zero attached hydrogens (tertiary/aromatic N) is 1. The number of alkyl carbamates (subject to hydrolysis) is 1. The highest BCUT2D eigenvalue weighted by Crippen LogP contribution is 2.55. The minimum Gasteiger partial charge on any atom is -0.479 e. The van der Waals surface area contributed by atoms with Crippen LogP contribution in [0.4, 0.5) is 4.79 Å². The number of likely N-dealkylation sites (tertiary alicyclic amines) is 1. The summed E-state index contributed by atoms with van der Waals surface area (Å²) in [5.41, 5.74) is 2.97. The molecule has 2 saturated carbocycles. The Morgan fingerprint density at radius 1 is 1.00 bits per heavy atom. The van der Waals surface area contributed by atoms with Gasteiger partial charge in [0.2, 0.25) is 5.91 Å². The van der Waals surface area contributed by atoms with E-state index < -0.39 is 23.1 Å². The van der Waals surface area contributed by atoms with Crippen LogP contribution in [0, 0.1) is 5.92 Å². The van der Waals surface area contributed by atoms with Crippen LogP contribution >= 0.6 is 0 Å². The van der Waals surface area contributed by atoms with Gasteiger partial charge in [0.25, 0.3) is 0 Å². The zero-order valence-corrected chi connectivity index (χ0v) is 19.7. The number of amides is 2. The van der Waals surface area contributed by atoms with Crippen LogP contribution in [-0.4, -0.2) is 52.2 Å². The van der Waals surface area contributed by atoms with Crippen LogP contribution in [0.15, 0.2) is 48.5 Å². The van der Waals surface area contributed by atoms with Gasteiger partial charge >= 0.3 is 12.1 Å². The standard InChI is InChI=1S/C28H30N2O5/c31-24(30-14-5-7-18-15-28(18,30)25(32)33)16-27(12-6-13-27)29-26(34)35-17-23-21-10-3-1-8-19(21)20-9-2-4-11-22(20)23/h1-4,8-11,18,23H,5-7,12-17H2,(H,29,34)(H,32,33)/t18-,28+/m1/s1. The normalized spacial score (nSPS) is 25.5. The molecule has 0 bridgehead atoms. The number of rotatable bonds is 6. The zero-order chi connectivity index (χ0) is 24.2. The number of fused-ring (bicyclic) bond motifs is 4. The first-order valence-corrected chi connectivity index (χ1v) is 12.6. The number of hydrogen-bond donors (Lipinski definition) is 2. The summed E-state index contributed by atoms with van der Waals surface area (Å²) < 4.78 is 5.72. The summed E-state index contributed by atoms with van der Waals surface area (Å²) in [6, 6.07) is 16.4. The summed E-state index contributed by atoms with van der Waals surface area (Å²) in [4.78, 5) is 39.7. The third kappa shape index (κ3) is 3.51. The van der Waals surface area contributed by atoms with Crippen molar-refractivity contribution in [2.75, 3.05) is 13.2 Å². The van der Waals surface area contributed by atoms with Gasteiger partial charge in [-0.25, -0.2) is 9.59 Å². The van der Waals surface area contributed by atoms with E-state index in [9.17, 15) is 19.5 Å². The summed E-state index contributed by atoms with van der Waals surface area (Å²) in [7, 11) is 0. The molecule has 2 N–H and O–H groups in total. The number of carboxylic acid groups (broad SMARTS) is 1. The summed E-state index contributed by atoms with van der Waals surface area (Å²) in [6.07, 6.45) is 4.15. The average Bonchev–Trinajstić information content (AvgIpc) is 3.52. The Morgan fingerprint density at radius 2 is 1.66 bits per heavy atom. The number of benzene rings is 2. The van der Waals surface area contributed by atoms with Crippen LogP contribution in [0.3, 0.4) is 0 Å². The molecule has 3 aliphatic carbocycles. The molecule has 0 unspecified atom stereocenters. The molecule has 2 aromatic carbocycles. The maximum atomic E-state index is 13.2. The van der Waals surface area contributed by atoms with Crippen molar-refractivity contribution in [2.24, 2.45) is 5.92 Å². The second kappa shape index (κ2) is 8.11. The molecular weight excluding hydrogens is 444 g/mol. The van der Waals surface area contributed by atoms with Gasteiger partial charge in [0.05, 0.1) is 12.0 Å². The fraction of sp³-hybridized carbons (Fsp3) is 0.464. The number of piperidine rings is 1. The monoisotopic (exact) mass is 474 g/mol. The molecule has 0 spiro atoms. The fourth-order valence-electron chi connectivity index (χ4n) is 6.59. The minimum absolute atomic E-state index is 0.0253. The molecule has 4 aliphatic rings. The molecule has 7 heteroatoms. The lowest BCUT2D eigenvalue weighted by molar-refractivity contribution is -0.155. The van der Waals surface area contributed by atoms with Gasteiger partial charge in [-0.1, -0.05) is 48.5 Å². The Bertz CT molecular complexity index is 1160. The van der Waals surface area contributed by atoms with Gasteiger partial charge in [-0.05, 0) is 66.7 Å². The molecule has 182 valence electrons. The third-order valence-electron chi connectivity index (χ3n) is 8.67. The zero-order valence-electron chi connectivity index (χ0n) is 19.7. The second-order valence-electron chi connectivity index (χ2n) is 10.6. The Balaban J connectivity index is 1.12. The first-order valence-electron chi connectivity index (χ1n) is 12.6. The quantitative estimate of drug-likeness (QED) is 0.651. The van der Waals surface area contributed by atoms with Crippen LogP contribution in [0.5, 0.6) is 0 Å². The maximum absolute atomic E-state index is 13.2. The van der Waals surface area contributed by atoms with Crippen LogP contribution < -0.4 is 5.32 Å². The Labute approximate surface area is 204 Å². The highest BCUT2D eigenvalue weighted by molar-refractivity contribution is 5.91. The predicted molar refractivity (Wildman–Crippen MR) is 129 cm³/mol. The molecule has 2 amide bonds. The van der Waals surface area contributed by atoms with Crippen LogP contribution in [0.1, 0.15) is 62.0 Å². The number of nitrogens with one attached hydrogen (secondary N) is 1. The molecule has 1 saturated heterocycles. The van der Waals surface area contributed by atoms with Gasteiger partial charge in [0.15, 0.2) is 0 Å². The van der Waals surface area contributed by atoms with Gasteiger partial charge in [0, 0.05) is 12.5 Å². The minimum atomic E-state index is -1.02. The van der Waals surface area contributed by atoms with Crippen molar-refractivity contribution in [2.45, 2.75) is 61.9 Å². The van der Waals surface area contributed by atoms with E-state index in [1.165, 1.54) is 11.1 Å². The number of hydrogen-bond acceptors (Lipinski definition) is 4. The molecule has 2 atom stereocenters. The molecule has 1 aliphatic heterocycles. The topological polar surface area (TPSA) is 95.9 Å². The summed E-state index contributed by atoms with van der Waals surface area (Å²) in [6.45, 7) is 0.697.